The normalized spacial score (nSPS) is 11.7. The van der Waals surface area contributed by atoms with Gasteiger partial charge < -0.3 is 32.9 Å². The molecule has 0 N–H and O–H groups in total. The topological polar surface area (TPSA) is 55.4 Å². The largest absolute Gasteiger partial charge is 0.493 e. The minimum Gasteiger partial charge on any atom is -0.493 e. The molecule has 3 rings (SSSR count). The van der Waals surface area contributed by atoms with Crippen molar-refractivity contribution in [2.24, 2.45) is 0 Å². The highest BCUT2D eigenvalue weighted by Gasteiger charge is 2.15. The Labute approximate surface area is 641 Å². The van der Waals surface area contributed by atoms with Crippen molar-refractivity contribution in [3.8, 4) is 34.5 Å². The smallest absolute Gasteiger partial charge is 0.124 e. The van der Waals surface area contributed by atoms with Crippen LogP contribution in [0, 0.1) is 0 Å². The number of hydrogen-bond acceptors (Lipinski definition) is 6. The molecule has 0 aromatic heterocycles. The van der Waals surface area contributed by atoms with E-state index in [0.717, 1.165) is 109 Å². The minimum absolute atomic E-state index is 0.401. The van der Waals surface area contributed by atoms with Gasteiger partial charge in [0.2, 0.25) is 0 Å². The molecule has 0 amide bonds. The van der Waals surface area contributed by atoms with Gasteiger partial charge in [0.25, 0.3) is 0 Å². The van der Waals surface area contributed by atoms with Crippen LogP contribution in [0.1, 0.15) is 455 Å². The third-order valence-corrected chi connectivity index (χ3v) is 21.4. The first-order valence-electron chi connectivity index (χ1n) is 45.7. The molecule has 0 heterocycles. The maximum Gasteiger partial charge on any atom is 0.124 e. The van der Waals surface area contributed by atoms with E-state index in [-0.39, 0.29) is 0 Å². The van der Waals surface area contributed by atoms with Gasteiger partial charge in [-0.05, 0) is 73.2 Å². The number of benzene rings is 3. The lowest BCUT2D eigenvalue weighted by Gasteiger charge is -2.24. The number of nitrogens with zero attached hydrogens (tertiary/aromatic N) is 1. The quantitative estimate of drug-likeness (QED) is 0.0415. The van der Waals surface area contributed by atoms with Gasteiger partial charge in [-0.25, -0.2) is 0 Å². The molecule has 0 aliphatic rings. The molecule has 3 aromatic rings. The lowest BCUT2D eigenvalue weighted by atomic mass is 10.0. The third-order valence-electron chi connectivity index (χ3n) is 21.4. The molecule has 0 fully saturated rings. The highest BCUT2D eigenvalue weighted by Crippen LogP contribution is 2.31. The fourth-order valence-corrected chi connectivity index (χ4v) is 14.9. The molecule has 0 atom stereocenters. The molecule has 7 heteroatoms. The zero-order valence-electron chi connectivity index (χ0n) is 69.8. The number of unbranched alkanes of at least 4 members (excludes halogenated alkanes) is 60. The zero-order chi connectivity index (χ0) is 73.5. The first-order chi connectivity index (χ1) is 50.7. The van der Waals surface area contributed by atoms with Crippen LogP contribution in [0.5, 0.6) is 34.5 Å². The molecule has 0 unspecified atom stereocenters. The van der Waals surface area contributed by atoms with Crippen LogP contribution in [0.4, 0.5) is 0 Å². The Morgan fingerprint density at radius 2 is 0.320 bits per heavy atom. The van der Waals surface area contributed by atoms with E-state index >= 15 is 0 Å². The summed E-state index contributed by atoms with van der Waals surface area (Å²) in [4.78, 5) is 0. The summed E-state index contributed by atoms with van der Waals surface area (Å²) in [5.74, 6) is 5.09. The molecule has 0 radical (unpaired) electrons. The van der Waals surface area contributed by atoms with Crippen LogP contribution >= 0.6 is 0 Å². The van der Waals surface area contributed by atoms with Crippen LogP contribution in [-0.2, 0) is 19.8 Å². The van der Waals surface area contributed by atoms with Crippen molar-refractivity contribution in [1.82, 2.24) is 0 Å². The van der Waals surface area contributed by atoms with E-state index in [0.29, 0.717) is 13.2 Å². The predicted molar refractivity (Wildman–Crippen MR) is 450 cm³/mol. The molecule has 103 heavy (non-hydrogen) atoms. The molecule has 0 bridgehead atoms. The Hall–Kier alpha value is -3.58. The fourth-order valence-electron chi connectivity index (χ4n) is 14.9. The summed E-state index contributed by atoms with van der Waals surface area (Å²) in [7, 11) is 6.73. The molecule has 7 nitrogen and oxygen atoms in total. The first-order valence-corrected chi connectivity index (χ1v) is 45.7. The average Bonchev–Trinajstić information content (AvgIpc) is 0.848. The molecule has 596 valence electrons. The van der Waals surface area contributed by atoms with Crippen molar-refractivity contribution in [1.29, 1.82) is 0 Å². The number of quaternary nitrogens is 1. The lowest BCUT2D eigenvalue weighted by Crippen LogP contribution is -2.33. The van der Waals surface area contributed by atoms with Crippen molar-refractivity contribution in [3.05, 3.63) is 71.3 Å². The zero-order valence-corrected chi connectivity index (χ0v) is 69.8. The summed E-state index contributed by atoms with van der Waals surface area (Å²) in [6.07, 6.45) is 87.3. The summed E-state index contributed by atoms with van der Waals surface area (Å²) in [6.45, 7) is 13.7. The summed E-state index contributed by atoms with van der Waals surface area (Å²) < 4.78 is 40.5. The molecular weight excluding hydrogens is 1260 g/mol. The van der Waals surface area contributed by atoms with E-state index < -0.39 is 0 Å². The van der Waals surface area contributed by atoms with Gasteiger partial charge in [-0.3, -0.25) is 0 Å². The van der Waals surface area contributed by atoms with Gasteiger partial charge in [-0.1, -0.05) is 413 Å². The van der Waals surface area contributed by atoms with Crippen molar-refractivity contribution in [3.63, 3.8) is 0 Å². The Kier molecular flexibility index (Phi) is 63.7. The van der Waals surface area contributed by atoms with E-state index in [1.165, 1.54) is 391 Å². The Morgan fingerprint density at radius 1 is 0.175 bits per heavy atom. The number of hydrogen-bond donors (Lipinski definition) is 0. The fraction of sp³-hybridized carbons (Fsp3) is 0.812. The predicted octanol–water partition coefficient (Wildman–Crippen LogP) is 31.6. The SMILES string of the molecule is CCCCCCCCCCCCCCCCCCOc1cc(COc2cc(C[N+](C)(C)C)cc(OCc3cc(OCCCCCCCCCCCCCCCCCC)cc(OCCCCCCCCCCCCCCCCCC)c3)c2)cc(OCCCCCCCCCCCCCCCCCC)c1. The highest BCUT2D eigenvalue weighted by molar-refractivity contribution is 5.42. The molecule has 3 aromatic carbocycles. The van der Waals surface area contributed by atoms with E-state index in [1.807, 2.05) is 0 Å². The van der Waals surface area contributed by atoms with Gasteiger partial charge in [0.05, 0.1) is 47.6 Å². The van der Waals surface area contributed by atoms with Crippen LogP contribution in [-0.4, -0.2) is 52.1 Å². The van der Waals surface area contributed by atoms with Crippen molar-refractivity contribution < 1.29 is 32.9 Å². The molecule has 0 saturated heterocycles. The summed E-state index contributed by atoms with van der Waals surface area (Å²) >= 11 is 0. The van der Waals surface area contributed by atoms with Crippen LogP contribution in [0.25, 0.3) is 0 Å². The second kappa shape index (κ2) is 70.1. The second-order valence-electron chi connectivity index (χ2n) is 33.1. The van der Waals surface area contributed by atoms with Crippen molar-refractivity contribution in [2.75, 3.05) is 47.6 Å². The Bertz CT molecular complexity index is 2010. The van der Waals surface area contributed by atoms with Crippen LogP contribution in [0.3, 0.4) is 0 Å². The maximum absolute atomic E-state index is 6.78. The molecule has 0 spiro atoms. The average molecular weight is 1440 g/mol. The van der Waals surface area contributed by atoms with E-state index in [9.17, 15) is 0 Å². The minimum atomic E-state index is 0.401. The van der Waals surface area contributed by atoms with Gasteiger partial charge in [0.1, 0.15) is 54.3 Å². The van der Waals surface area contributed by atoms with Gasteiger partial charge >= 0.3 is 0 Å². The monoisotopic (exact) mass is 1440 g/mol. The third kappa shape index (κ3) is 60.1. The second-order valence-corrected chi connectivity index (χ2v) is 33.1. The molecular formula is C96H172NO6+. The first kappa shape index (κ1) is 93.6. The molecule has 0 aliphatic heterocycles. The highest BCUT2D eigenvalue weighted by atomic mass is 16.5. The maximum atomic E-state index is 6.78. The summed E-state index contributed by atoms with van der Waals surface area (Å²) in [5.41, 5.74) is 3.28. The van der Waals surface area contributed by atoms with Gasteiger partial charge in [0.15, 0.2) is 0 Å². The standard InChI is InChI=1S/C96H172NO6/c1-8-12-16-20-24-28-32-36-40-44-48-52-56-60-64-68-72-98-91-78-89(79-92(82-91)99-73-69-65-61-57-53-49-45-41-37-33-29-25-21-17-13-9-2)86-102-95-76-88(85-97(5,6)7)77-96(84-95)103-87-90-80-93(100-74-70-66-62-58-54-50-46-42-38-34-30-26-22-18-14-10-3)83-94(81-90)101-75-71-67-63-59-55-51-47-43-39-35-31-27-23-19-15-11-4/h76-84H,8-75,85-87H2,1-7H3/q+1. The lowest BCUT2D eigenvalue weighted by molar-refractivity contribution is -0.884. The summed E-state index contributed by atoms with van der Waals surface area (Å²) in [5, 5.41) is 0. The molecule has 0 aliphatic carbocycles. The molecule has 0 saturated carbocycles. The van der Waals surface area contributed by atoms with Gasteiger partial charge in [-0.2, -0.15) is 0 Å². The number of rotatable bonds is 80. The van der Waals surface area contributed by atoms with Crippen LogP contribution < -0.4 is 28.4 Å². The van der Waals surface area contributed by atoms with E-state index in [4.69, 9.17) is 28.4 Å². The van der Waals surface area contributed by atoms with E-state index in [2.05, 4.69) is 103 Å². The van der Waals surface area contributed by atoms with Crippen LogP contribution in [0.2, 0.25) is 0 Å². The van der Waals surface area contributed by atoms with E-state index in [1.54, 1.807) is 0 Å². The summed E-state index contributed by atoms with van der Waals surface area (Å²) in [6, 6.07) is 19.3. The van der Waals surface area contributed by atoms with Gasteiger partial charge in [0, 0.05) is 23.8 Å². The Morgan fingerprint density at radius 3 is 0.485 bits per heavy atom. The Balaban J connectivity index is 1.61. The van der Waals surface area contributed by atoms with Gasteiger partial charge in [-0.15, -0.1) is 0 Å². The van der Waals surface area contributed by atoms with Crippen LogP contribution in [0.15, 0.2) is 54.6 Å². The number of ether oxygens (including phenoxy) is 6. The van der Waals surface area contributed by atoms with Crippen molar-refractivity contribution >= 4 is 0 Å². The van der Waals surface area contributed by atoms with Crippen molar-refractivity contribution in [2.45, 2.75) is 458 Å².